The summed E-state index contributed by atoms with van der Waals surface area (Å²) in [6, 6.07) is -2.09. The first kappa shape index (κ1) is 59.7. The fraction of sp³-hybridized carbons (Fsp3) is 0.886. The number of aliphatic hydroxyl groups is 1. The number of carboxylic acids is 1. The maximum atomic E-state index is 12.7. The fourth-order valence-corrected chi connectivity index (χ4v) is 8.23. The third-order valence-electron chi connectivity index (χ3n) is 9.86. The molecule has 0 aromatic carbocycles. The minimum Gasteiger partial charge on any atom is -0.475 e. The summed E-state index contributed by atoms with van der Waals surface area (Å²) in [6.45, 7) is 3.89. The van der Waals surface area contributed by atoms with Crippen molar-refractivity contribution in [3.05, 3.63) is 0 Å². The van der Waals surface area contributed by atoms with E-state index in [9.17, 15) is 37.5 Å². The summed E-state index contributed by atoms with van der Waals surface area (Å²) in [5.74, 6) is -4.67. The molecule has 5 N–H and O–H groups in total. The first-order valence-corrected chi connectivity index (χ1v) is 25.1. The molecule has 0 aliphatic carbocycles. The number of aliphatic carboxylic acids is 1. The Morgan fingerprint density at radius 2 is 1.00 bits per heavy atom. The van der Waals surface area contributed by atoms with Crippen LogP contribution in [0.1, 0.15) is 194 Å². The number of esters is 3. The van der Waals surface area contributed by atoms with E-state index in [1.165, 1.54) is 136 Å². The number of carbonyl (C=O) groups is 5. The molecule has 354 valence electrons. The number of unbranched alkanes of at least 4 members (excludes halogenated alkanes) is 24. The van der Waals surface area contributed by atoms with Crippen molar-refractivity contribution in [3.63, 3.8) is 0 Å². The molecule has 0 fully saturated rings. The molecule has 0 unspecified atom stereocenters. The van der Waals surface area contributed by atoms with Crippen molar-refractivity contribution in [2.24, 2.45) is 5.73 Å². The van der Waals surface area contributed by atoms with Crippen LogP contribution in [0.3, 0.4) is 0 Å². The van der Waals surface area contributed by atoms with Crippen molar-refractivity contribution >= 4 is 44.7 Å². The number of carboxylic acid groups (broad SMARTS) is 1. The Hall–Kier alpha value is -2.42. The number of rotatable bonds is 39. The summed E-state index contributed by atoms with van der Waals surface area (Å²) in [4.78, 5) is 58.4. The van der Waals surface area contributed by atoms with Gasteiger partial charge in [-0.15, -0.1) is 0 Å². The smallest absolute Gasteiger partial charge is 0.475 e. The van der Waals surface area contributed by atoms with Gasteiger partial charge in [-0.1, -0.05) is 97.3 Å². The summed E-state index contributed by atoms with van der Waals surface area (Å²) in [7, 11) is 1.17. The molecule has 0 aliphatic heterocycles. The molecule has 0 spiro atoms. The quantitative estimate of drug-likeness (QED) is 0.0199. The van der Waals surface area contributed by atoms with E-state index < -0.39 is 48.8 Å². The first-order chi connectivity index (χ1) is 28.7. The number of methoxy groups -OCH3 is 1. The van der Waals surface area contributed by atoms with E-state index in [1.807, 2.05) is 0 Å². The summed E-state index contributed by atoms with van der Waals surface area (Å²) < 4.78 is 47.6. The molecule has 16 heteroatoms. The Morgan fingerprint density at radius 3 is 1.35 bits per heavy atom. The van der Waals surface area contributed by atoms with Gasteiger partial charge >= 0.3 is 246 Å². The van der Waals surface area contributed by atoms with Crippen LogP contribution in [-0.2, 0) is 38.2 Å². The average molecular weight is 934 g/mol. The first-order valence-electron chi connectivity index (χ1n) is 22.7. The van der Waals surface area contributed by atoms with Crippen LogP contribution in [-0.4, -0.2) is 99.6 Å². The van der Waals surface area contributed by atoms with Crippen molar-refractivity contribution in [1.82, 2.24) is 5.32 Å². The number of hydrogen-bond acceptors (Lipinski definition) is 10. The molecule has 0 aromatic rings. The van der Waals surface area contributed by atoms with Crippen molar-refractivity contribution in [1.29, 1.82) is 0 Å². The molecule has 0 rings (SSSR count). The normalized spacial score (nSPS) is 12.7. The van der Waals surface area contributed by atoms with Crippen LogP contribution in [0.2, 0.25) is 10.6 Å². The van der Waals surface area contributed by atoms with E-state index >= 15 is 0 Å². The van der Waals surface area contributed by atoms with Gasteiger partial charge in [-0.05, 0) is 0 Å². The predicted molar refractivity (Wildman–Crippen MR) is 230 cm³/mol. The van der Waals surface area contributed by atoms with E-state index in [2.05, 4.69) is 23.9 Å². The summed E-state index contributed by atoms with van der Waals surface area (Å²) >= 11 is -0.210. The number of aliphatic hydroxyl groups excluding tert-OH is 1. The second kappa shape index (κ2) is 41.9. The number of ether oxygens (including phenoxy) is 3. The molecular weight excluding hydrogens is 852 g/mol. The third-order valence-corrected chi connectivity index (χ3v) is 12.4. The molecular formula is C44H81F3N2O10Se. The van der Waals surface area contributed by atoms with Crippen LogP contribution < -0.4 is 11.1 Å². The molecule has 12 nitrogen and oxygen atoms in total. The van der Waals surface area contributed by atoms with E-state index in [4.69, 9.17) is 25.1 Å². The summed E-state index contributed by atoms with van der Waals surface area (Å²) in [5.41, 5.74) is 6.05. The van der Waals surface area contributed by atoms with Crippen molar-refractivity contribution < 1.29 is 61.6 Å². The molecule has 0 saturated heterocycles. The molecule has 0 aromatic heterocycles. The monoisotopic (exact) mass is 935 g/mol. The number of carbonyl (C=O) groups excluding carboxylic acids is 4. The number of halogens is 3. The zero-order valence-corrected chi connectivity index (χ0v) is 38.9. The van der Waals surface area contributed by atoms with Crippen LogP contribution in [0.25, 0.3) is 0 Å². The molecule has 0 saturated carbocycles. The van der Waals surface area contributed by atoms with Gasteiger partial charge in [0.15, 0.2) is 0 Å². The van der Waals surface area contributed by atoms with Gasteiger partial charge in [-0.2, -0.15) is 13.2 Å². The van der Waals surface area contributed by atoms with Gasteiger partial charge in [0.25, 0.3) is 0 Å². The van der Waals surface area contributed by atoms with Crippen LogP contribution in [0.5, 0.6) is 0 Å². The Labute approximate surface area is 365 Å². The zero-order valence-electron chi connectivity index (χ0n) is 37.1. The van der Waals surface area contributed by atoms with Crippen molar-refractivity contribution in [2.45, 2.75) is 229 Å². The topological polar surface area (TPSA) is 192 Å². The van der Waals surface area contributed by atoms with E-state index in [0.29, 0.717) is 23.5 Å². The number of nitrogens with one attached hydrogen (secondary N) is 1. The minimum atomic E-state index is -5.08. The van der Waals surface area contributed by atoms with Crippen molar-refractivity contribution in [3.8, 4) is 0 Å². The van der Waals surface area contributed by atoms with Crippen LogP contribution in [0.4, 0.5) is 13.2 Å². The molecule has 3 atom stereocenters. The molecule has 60 heavy (non-hydrogen) atoms. The minimum absolute atomic E-state index is 0.0142. The number of amides is 1. The number of nitrogens with two attached hydrogens (primary N) is 1. The number of alkyl halides is 3. The molecule has 0 aliphatic rings. The fourth-order valence-electron chi connectivity index (χ4n) is 6.20. The van der Waals surface area contributed by atoms with Gasteiger partial charge in [0.05, 0.1) is 0 Å². The summed E-state index contributed by atoms with van der Waals surface area (Å²) in [6.07, 6.45) is 27.0. The standard InChI is InChI=1S/C42H80N2O8Se.C2HF3O2/c1-4-6-8-10-12-14-16-18-20-22-24-26-28-30-39(46)51-33-36(34-53-35-37(43)41(48)44-38(32-45)42(49)50-3)52-40(47)31-29-27-25-23-21-19-17-15-13-11-9-7-5-2;3-2(4,5)1(6)7/h36-38,45H,4-35,43H2,1-3H3,(H,44,48);(H,6,7)/t36-,37+,38+;/m1./s1. The van der Waals surface area contributed by atoms with E-state index in [0.717, 1.165) is 38.5 Å². The third kappa shape index (κ3) is 39.7. The van der Waals surface area contributed by atoms with Gasteiger partial charge < -0.3 is 5.11 Å². The van der Waals surface area contributed by atoms with E-state index in [-0.39, 0.29) is 33.5 Å². The van der Waals surface area contributed by atoms with Crippen molar-refractivity contribution in [2.75, 3.05) is 20.3 Å². The van der Waals surface area contributed by atoms with Crippen LogP contribution in [0, 0.1) is 0 Å². The second-order valence-electron chi connectivity index (χ2n) is 15.5. The Balaban J connectivity index is 0. The van der Waals surface area contributed by atoms with Gasteiger partial charge in [-0.25, -0.2) is 4.79 Å². The van der Waals surface area contributed by atoms with Gasteiger partial charge in [0.2, 0.25) is 0 Å². The summed E-state index contributed by atoms with van der Waals surface area (Å²) in [5, 5.41) is 19.7. The zero-order chi connectivity index (χ0) is 45.3. The van der Waals surface area contributed by atoms with Crippen LogP contribution >= 0.6 is 0 Å². The number of hydrogen-bond donors (Lipinski definition) is 4. The Kier molecular flexibility index (Phi) is 41.7. The second-order valence-corrected chi connectivity index (χ2v) is 17.7. The predicted octanol–water partition coefficient (Wildman–Crippen LogP) is 9.56. The Morgan fingerprint density at radius 1 is 0.633 bits per heavy atom. The molecule has 0 bridgehead atoms. The SMILES string of the molecule is CCCCCCCCCCCCCCCC(=O)OC[C@H](C[Se]C[C@H](N)C(=O)N[C@@H](CO)C(=O)OC)OC(=O)CCCCCCCCCCCCCCC.O=C(O)C(F)(F)F. The maximum absolute atomic E-state index is 12.7. The molecule has 0 radical (unpaired) electrons. The Bertz CT molecular complexity index is 1090. The van der Waals surface area contributed by atoms with Crippen LogP contribution in [0.15, 0.2) is 0 Å². The van der Waals surface area contributed by atoms with Gasteiger partial charge in [0.1, 0.15) is 0 Å². The van der Waals surface area contributed by atoms with Gasteiger partial charge in [0, 0.05) is 0 Å². The molecule has 1 amide bonds. The van der Waals surface area contributed by atoms with Gasteiger partial charge in [-0.3, -0.25) is 0 Å². The van der Waals surface area contributed by atoms with E-state index in [1.54, 1.807) is 0 Å². The average Bonchev–Trinajstić information content (AvgIpc) is 3.21. The molecule has 0 heterocycles.